The number of ether oxygens (including phenoxy) is 1. The molecule has 1 aliphatic heterocycles. The van der Waals surface area contributed by atoms with Crippen molar-refractivity contribution in [2.75, 3.05) is 6.61 Å². The summed E-state index contributed by atoms with van der Waals surface area (Å²) in [6, 6.07) is 35.4. The highest BCUT2D eigenvalue weighted by molar-refractivity contribution is 5.97. The van der Waals surface area contributed by atoms with Crippen LogP contribution in [0.5, 0.6) is 5.95 Å². The van der Waals surface area contributed by atoms with Gasteiger partial charge in [-0.1, -0.05) is 80.6 Å². The molecule has 3 aromatic heterocycles. The third-order valence-corrected chi connectivity index (χ3v) is 9.10. The average Bonchev–Trinajstić information content (AvgIpc) is 3.59. The normalized spacial score (nSPS) is 14.0. The van der Waals surface area contributed by atoms with Crippen molar-refractivity contribution in [2.45, 2.75) is 19.3 Å². The Hall–Kier alpha value is -5.88. The molecule has 6 nitrogen and oxygen atoms in total. The van der Waals surface area contributed by atoms with E-state index in [4.69, 9.17) is 24.1 Å². The lowest BCUT2D eigenvalue weighted by atomic mass is 9.81. The van der Waals surface area contributed by atoms with Crippen molar-refractivity contribution in [2.24, 2.45) is 0 Å². The lowest BCUT2D eigenvalue weighted by molar-refractivity contribution is 0.277. The third kappa shape index (κ3) is 4.18. The standard InChI is InChI=1S/C40H28N4O2/c1-40(2)32-21-26(16-17-28(32)30-22-31-29-14-9-19-45-39(29)46-35(31)23-33(30)40)25-12-8-13-27(20-25)37-42-36(24-10-4-3-5-11-24)43-38(44-37)34-15-6-7-18-41-34/h3-18,20-23H,19H2,1-2H3. The fourth-order valence-corrected chi connectivity index (χ4v) is 6.72. The van der Waals surface area contributed by atoms with Gasteiger partial charge in [0.05, 0.1) is 5.56 Å². The van der Waals surface area contributed by atoms with E-state index in [2.05, 4.69) is 79.5 Å². The minimum absolute atomic E-state index is 0.202. The van der Waals surface area contributed by atoms with Gasteiger partial charge in [0.15, 0.2) is 17.5 Å². The predicted molar refractivity (Wildman–Crippen MR) is 181 cm³/mol. The monoisotopic (exact) mass is 596 g/mol. The summed E-state index contributed by atoms with van der Waals surface area (Å²) in [6.45, 7) is 5.12. The van der Waals surface area contributed by atoms with Crippen molar-refractivity contribution in [1.82, 2.24) is 19.9 Å². The highest BCUT2D eigenvalue weighted by atomic mass is 16.6. The van der Waals surface area contributed by atoms with Gasteiger partial charge in [0.1, 0.15) is 17.9 Å². The maximum atomic E-state index is 6.14. The SMILES string of the molecule is CC1(C)c2cc(-c3cccc(-c4nc(-c5ccccc5)nc(-c5ccccn5)n4)c3)ccc2-c2cc3c4c(oc3cc21)OCC=C4. The Bertz CT molecular complexity index is 2280. The Morgan fingerprint density at radius 1 is 0.630 bits per heavy atom. The van der Waals surface area contributed by atoms with Crippen LogP contribution in [0.2, 0.25) is 0 Å². The number of pyridine rings is 1. The van der Waals surface area contributed by atoms with Crippen molar-refractivity contribution in [3.8, 4) is 62.5 Å². The van der Waals surface area contributed by atoms with Gasteiger partial charge in [-0.25, -0.2) is 15.0 Å². The molecule has 46 heavy (non-hydrogen) atoms. The van der Waals surface area contributed by atoms with Crippen LogP contribution in [0, 0.1) is 0 Å². The summed E-state index contributed by atoms with van der Waals surface area (Å²) in [5.41, 5.74) is 11.5. The molecule has 220 valence electrons. The number of fused-ring (bicyclic) bond motifs is 6. The van der Waals surface area contributed by atoms with E-state index in [0.29, 0.717) is 35.7 Å². The minimum atomic E-state index is -0.202. The van der Waals surface area contributed by atoms with Gasteiger partial charge in [0.2, 0.25) is 0 Å². The van der Waals surface area contributed by atoms with Crippen LogP contribution >= 0.6 is 0 Å². The van der Waals surface area contributed by atoms with Gasteiger partial charge in [-0.2, -0.15) is 0 Å². The number of rotatable bonds is 4. The summed E-state index contributed by atoms with van der Waals surface area (Å²) in [4.78, 5) is 19.1. The van der Waals surface area contributed by atoms with Gasteiger partial charge < -0.3 is 9.15 Å². The number of hydrogen-bond donors (Lipinski definition) is 0. The molecule has 0 N–H and O–H groups in total. The predicted octanol–water partition coefficient (Wildman–Crippen LogP) is 9.39. The van der Waals surface area contributed by atoms with Crippen molar-refractivity contribution in [3.05, 3.63) is 132 Å². The molecule has 0 spiro atoms. The molecule has 0 fully saturated rings. The summed E-state index contributed by atoms with van der Waals surface area (Å²) >= 11 is 0. The van der Waals surface area contributed by atoms with Crippen molar-refractivity contribution in [3.63, 3.8) is 0 Å². The summed E-state index contributed by atoms with van der Waals surface area (Å²) in [5, 5.41) is 1.09. The van der Waals surface area contributed by atoms with E-state index >= 15 is 0 Å². The highest BCUT2D eigenvalue weighted by Gasteiger charge is 2.37. The number of furan rings is 1. The van der Waals surface area contributed by atoms with E-state index in [9.17, 15) is 0 Å². The molecule has 0 unspecified atom stereocenters. The Morgan fingerprint density at radius 3 is 2.22 bits per heavy atom. The van der Waals surface area contributed by atoms with Crippen LogP contribution in [0.3, 0.4) is 0 Å². The molecule has 4 heterocycles. The summed E-state index contributed by atoms with van der Waals surface area (Å²) < 4.78 is 11.9. The maximum absolute atomic E-state index is 6.14. The van der Waals surface area contributed by atoms with Gasteiger partial charge in [-0.15, -0.1) is 0 Å². The third-order valence-electron chi connectivity index (χ3n) is 9.10. The van der Waals surface area contributed by atoms with E-state index < -0.39 is 0 Å². The van der Waals surface area contributed by atoms with Gasteiger partial charge in [-0.3, -0.25) is 4.98 Å². The molecule has 0 bridgehead atoms. The molecule has 4 aromatic carbocycles. The van der Waals surface area contributed by atoms with Crippen LogP contribution < -0.4 is 4.74 Å². The number of benzene rings is 4. The van der Waals surface area contributed by atoms with E-state index in [1.54, 1.807) is 6.20 Å². The summed E-state index contributed by atoms with van der Waals surface area (Å²) in [5.74, 6) is 2.37. The molecule has 0 saturated carbocycles. The van der Waals surface area contributed by atoms with Gasteiger partial charge in [-0.05, 0) is 81.9 Å². The molecule has 2 aliphatic rings. The van der Waals surface area contributed by atoms with Crippen molar-refractivity contribution < 1.29 is 9.15 Å². The van der Waals surface area contributed by atoms with Crippen LogP contribution in [0.25, 0.3) is 73.6 Å². The number of hydrogen-bond acceptors (Lipinski definition) is 6. The second-order valence-corrected chi connectivity index (χ2v) is 12.3. The van der Waals surface area contributed by atoms with E-state index in [0.717, 1.165) is 38.8 Å². The lowest BCUT2D eigenvalue weighted by Crippen LogP contribution is -2.15. The molecular weight excluding hydrogens is 568 g/mol. The largest absolute Gasteiger partial charge is 0.460 e. The molecule has 9 rings (SSSR count). The quantitative estimate of drug-likeness (QED) is 0.202. The molecule has 0 saturated heterocycles. The zero-order valence-corrected chi connectivity index (χ0v) is 25.4. The fourth-order valence-electron chi connectivity index (χ4n) is 6.72. The average molecular weight is 597 g/mol. The molecule has 0 atom stereocenters. The van der Waals surface area contributed by atoms with Gasteiger partial charge in [0.25, 0.3) is 5.95 Å². The van der Waals surface area contributed by atoms with E-state index in [-0.39, 0.29) is 5.41 Å². The summed E-state index contributed by atoms with van der Waals surface area (Å²) in [7, 11) is 0. The first-order valence-electron chi connectivity index (χ1n) is 15.4. The lowest BCUT2D eigenvalue weighted by Gasteiger charge is -2.22. The Labute approximate surface area is 266 Å². The minimum Gasteiger partial charge on any atom is -0.460 e. The number of nitrogens with zero attached hydrogens (tertiary/aromatic N) is 4. The molecule has 0 amide bonds. The highest BCUT2D eigenvalue weighted by Crippen LogP contribution is 2.52. The Balaban J connectivity index is 1.14. The van der Waals surface area contributed by atoms with E-state index in [1.807, 2.05) is 54.6 Å². The van der Waals surface area contributed by atoms with Crippen LogP contribution in [-0.4, -0.2) is 26.5 Å². The van der Waals surface area contributed by atoms with Gasteiger partial charge in [0, 0.05) is 28.1 Å². The Morgan fingerprint density at radius 2 is 1.37 bits per heavy atom. The molecule has 1 aliphatic carbocycles. The Kier molecular flexibility index (Phi) is 5.81. The van der Waals surface area contributed by atoms with Crippen molar-refractivity contribution in [1.29, 1.82) is 0 Å². The van der Waals surface area contributed by atoms with Crippen LogP contribution in [0.4, 0.5) is 0 Å². The van der Waals surface area contributed by atoms with E-state index in [1.165, 1.54) is 22.3 Å². The zero-order valence-electron chi connectivity index (χ0n) is 25.4. The first kappa shape index (κ1) is 26.5. The van der Waals surface area contributed by atoms with Crippen LogP contribution in [-0.2, 0) is 5.41 Å². The van der Waals surface area contributed by atoms with Crippen molar-refractivity contribution >= 4 is 17.0 Å². The zero-order chi connectivity index (χ0) is 30.8. The second-order valence-electron chi connectivity index (χ2n) is 12.3. The smallest absolute Gasteiger partial charge is 0.293 e. The first-order valence-corrected chi connectivity index (χ1v) is 15.4. The van der Waals surface area contributed by atoms with Crippen LogP contribution in [0.1, 0.15) is 30.5 Å². The second kappa shape index (κ2) is 10.1. The molecule has 6 heteroatoms. The first-order chi connectivity index (χ1) is 22.5. The molecule has 7 aromatic rings. The molecular formula is C40H28N4O2. The fraction of sp³-hybridized carbons (Fsp3) is 0.100. The van der Waals surface area contributed by atoms with Gasteiger partial charge >= 0.3 is 0 Å². The molecule has 0 radical (unpaired) electrons. The van der Waals surface area contributed by atoms with Crippen LogP contribution in [0.15, 0.2) is 120 Å². The summed E-state index contributed by atoms with van der Waals surface area (Å²) in [6.07, 6.45) is 5.89. The maximum Gasteiger partial charge on any atom is 0.293 e. The number of aromatic nitrogens is 4. The topological polar surface area (TPSA) is 73.9 Å².